The van der Waals surface area contributed by atoms with E-state index >= 15 is 0 Å². The lowest BCUT2D eigenvalue weighted by Gasteiger charge is -2.11. The quantitative estimate of drug-likeness (QED) is 0.740. The Morgan fingerprint density at radius 2 is 2.33 bits per heavy atom. The van der Waals surface area contributed by atoms with Crippen molar-refractivity contribution in [2.24, 2.45) is 5.92 Å². The van der Waals surface area contributed by atoms with Gasteiger partial charge in [0.2, 0.25) is 0 Å². The molecule has 0 fully saturated rings. The van der Waals surface area contributed by atoms with Gasteiger partial charge in [0.1, 0.15) is 6.61 Å². The van der Waals surface area contributed by atoms with Crippen LogP contribution < -0.4 is 5.32 Å². The number of nitrogens with one attached hydrogen (secondary N) is 1. The van der Waals surface area contributed by atoms with Crippen LogP contribution in [0.15, 0.2) is 18.2 Å². The fourth-order valence-corrected chi connectivity index (χ4v) is 2.23. The highest BCUT2D eigenvalue weighted by molar-refractivity contribution is 5.66. The number of fused-ring (bicyclic) bond motifs is 1. The summed E-state index contributed by atoms with van der Waals surface area (Å²) in [5.74, 6) is -0.130. The lowest BCUT2D eigenvalue weighted by atomic mass is 10.0. The second-order valence-corrected chi connectivity index (χ2v) is 4.45. The van der Waals surface area contributed by atoms with Crippen molar-refractivity contribution in [2.75, 3.05) is 13.7 Å². The molecule has 0 saturated heterocycles. The number of rotatable bonds is 3. The van der Waals surface area contributed by atoms with Crippen LogP contribution in [-0.4, -0.2) is 30.0 Å². The molecule has 2 atom stereocenters. The SMILES string of the molecule is CNC(=O)OCc1ccc2c(c1)[C@@H](O)[C@@H](CO)C2. The molecule has 0 unspecified atom stereocenters. The first-order chi connectivity index (χ1) is 8.65. The zero-order valence-electron chi connectivity index (χ0n) is 10.2. The van der Waals surface area contributed by atoms with E-state index in [0.29, 0.717) is 6.42 Å². The minimum atomic E-state index is -0.634. The maximum atomic E-state index is 11.0. The Labute approximate surface area is 105 Å². The van der Waals surface area contributed by atoms with Crippen LogP contribution in [0.5, 0.6) is 0 Å². The molecular formula is C13H17NO4. The van der Waals surface area contributed by atoms with Crippen molar-refractivity contribution in [3.63, 3.8) is 0 Å². The molecule has 0 heterocycles. The molecule has 1 aromatic carbocycles. The number of aliphatic hydroxyl groups excluding tert-OH is 2. The average molecular weight is 251 g/mol. The van der Waals surface area contributed by atoms with Gasteiger partial charge in [0.15, 0.2) is 0 Å². The lowest BCUT2D eigenvalue weighted by molar-refractivity contribution is 0.0805. The first-order valence-electron chi connectivity index (χ1n) is 5.90. The van der Waals surface area contributed by atoms with Crippen molar-refractivity contribution in [2.45, 2.75) is 19.1 Å². The van der Waals surface area contributed by atoms with Gasteiger partial charge in [-0.15, -0.1) is 0 Å². The van der Waals surface area contributed by atoms with Crippen LogP contribution in [0.3, 0.4) is 0 Å². The number of carbonyl (C=O) groups excluding carboxylic acids is 1. The van der Waals surface area contributed by atoms with Gasteiger partial charge < -0.3 is 20.3 Å². The summed E-state index contributed by atoms with van der Waals surface area (Å²) in [6.07, 6.45) is -0.432. The van der Waals surface area contributed by atoms with E-state index in [1.807, 2.05) is 18.2 Å². The van der Waals surface area contributed by atoms with Gasteiger partial charge in [-0.2, -0.15) is 0 Å². The number of hydrogen-bond acceptors (Lipinski definition) is 4. The molecule has 98 valence electrons. The first kappa shape index (κ1) is 12.9. The Balaban J connectivity index is 2.09. The molecule has 1 aliphatic rings. The zero-order valence-corrected chi connectivity index (χ0v) is 10.2. The Morgan fingerprint density at radius 3 is 3.00 bits per heavy atom. The minimum absolute atomic E-state index is 0.0279. The van der Waals surface area contributed by atoms with Gasteiger partial charge in [0.05, 0.1) is 6.10 Å². The molecule has 1 aliphatic carbocycles. The van der Waals surface area contributed by atoms with Gasteiger partial charge in [-0.1, -0.05) is 12.1 Å². The van der Waals surface area contributed by atoms with Crippen LogP contribution in [0, 0.1) is 5.92 Å². The van der Waals surface area contributed by atoms with Crippen molar-refractivity contribution in [3.8, 4) is 0 Å². The second-order valence-electron chi connectivity index (χ2n) is 4.45. The maximum absolute atomic E-state index is 11.0. The Hall–Kier alpha value is -1.59. The molecule has 0 saturated carbocycles. The van der Waals surface area contributed by atoms with Crippen LogP contribution >= 0.6 is 0 Å². The largest absolute Gasteiger partial charge is 0.445 e. The molecule has 5 heteroatoms. The molecular weight excluding hydrogens is 234 g/mol. The second kappa shape index (κ2) is 5.37. The van der Waals surface area contributed by atoms with Crippen molar-refractivity contribution < 1.29 is 19.7 Å². The van der Waals surface area contributed by atoms with Gasteiger partial charge in [0, 0.05) is 19.6 Å². The summed E-state index contributed by atoms with van der Waals surface area (Å²) in [6.45, 7) is 0.142. The maximum Gasteiger partial charge on any atom is 0.407 e. The molecule has 18 heavy (non-hydrogen) atoms. The molecule has 0 bridgehead atoms. The average Bonchev–Trinajstić information content (AvgIpc) is 2.72. The van der Waals surface area contributed by atoms with Crippen molar-refractivity contribution in [3.05, 3.63) is 34.9 Å². The first-order valence-corrected chi connectivity index (χ1v) is 5.90. The predicted molar refractivity (Wildman–Crippen MR) is 64.9 cm³/mol. The van der Waals surface area contributed by atoms with Crippen LogP contribution in [0.2, 0.25) is 0 Å². The molecule has 0 aliphatic heterocycles. The summed E-state index contributed by atoms with van der Waals surface area (Å²) in [5.41, 5.74) is 2.70. The van der Waals surface area contributed by atoms with E-state index in [1.54, 1.807) is 0 Å². The number of hydrogen-bond donors (Lipinski definition) is 3. The third kappa shape index (κ3) is 2.47. The van der Waals surface area contributed by atoms with E-state index < -0.39 is 12.2 Å². The number of aliphatic hydroxyl groups is 2. The highest BCUT2D eigenvalue weighted by Gasteiger charge is 2.30. The van der Waals surface area contributed by atoms with Crippen LogP contribution in [0.25, 0.3) is 0 Å². The van der Waals surface area contributed by atoms with Gasteiger partial charge in [0.25, 0.3) is 0 Å². The summed E-state index contributed by atoms with van der Waals surface area (Å²) in [4.78, 5) is 11.0. The normalized spacial score (nSPS) is 21.5. The fourth-order valence-electron chi connectivity index (χ4n) is 2.23. The van der Waals surface area contributed by atoms with E-state index in [2.05, 4.69) is 5.32 Å². The number of ether oxygens (including phenoxy) is 1. The topological polar surface area (TPSA) is 78.8 Å². The lowest BCUT2D eigenvalue weighted by Crippen LogP contribution is -2.18. The highest BCUT2D eigenvalue weighted by Crippen LogP contribution is 2.36. The standard InChI is InChI=1S/C13H17NO4/c1-14-13(17)18-7-8-2-3-9-5-10(6-15)12(16)11(9)4-8/h2-4,10,12,15-16H,5-7H2,1H3,(H,14,17)/t10-,12+/m1/s1. The molecule has 0 radical (unpaired) electrons. The Kier molecular flexibility index (Phi) is 3.84. The summed E-state index contributed by atoms with van der Waals surface area (Å²) in [5, 5.41) is 21.5. The summed E-state index contributed by atoms with van der Waals surface area (Å²) in [7, 11) is 1.50. The number of amides is 1. The molecule has 0 spiro atoms. The summed E-state index contributed by atoms with van der Waals surface area (Å²) >= 11 is 0. The smallest absolute Gasteiger partial charge is 0.407 e. The van der Waals surface area contributed by atoms with Crippen LogP contribution in [0.1, 0.15) is 22.8 Å². The van der Waals surface area contributed by atoms with Gasteiger partial charge in [-0.3, -0.25) is 0 Å². The Bertz CT molecular complexity index is 447. The van der Waals surface area contributed by atoms with Gasteiger partial charge in [-0.25, -0.2) is 4.79 Å². The summed E-state index contributed by atoms with van der Waals surface area (Å²) in [6, 6.07) is 5.61. The zero-order chi connectivity index (χ0) is 13.1. The van der Waals surface area contributed by atoms with Crippen molar-refractivity contribution in [1.29, 1.82) is 0 Å². The highest BCUT2D eigenvalue weighted by atomic mass is 16.5. The van der Waals surface area contributed by atoms with Crippen molar-refractivity contribution >= 4 is 6.09 Å². The van der Waals surface area contributed by atoms with E-state index in [0.717, 1.165) is 16.7 Å². The predicted octanol–water partition coefficient (Wildman–Crippen LogP) is 0.741. The number of benzene rings is 1. The monoisotopic (exact) mass is 251 g/mol. The minimum Gasteiger partial charge on any atom is -0.445 e. The van der Waals surface area contributed by atoms with Gasteiger partial charge >= 0.3 is 6.09 Å². The number of carbonyl (C=O) groups is 1. The molecule has 0 aromatic heterocycles. The molecule has 2 rings (SSSR count). The van der Waals surface area contributed by atoms with Crippen LogP contribution in [-0.2, 0) is 17.8 Å². The van der Waals surface area contributed by atoms with Crippen molar-refractivity contribution in [1.82, 2.24) is 5.32 Å². The van der Waals surface area contributed by atoms with E-state index in [9.17, 15) is 9.90 Å². The van der Waals surface area contributed by atoms with E-state index in [-0.39, 0.29) is 19.1 Å². The fraction of sp³-hybridized carbons (Fsp3) is 0.462. The van der Waals surface area contributed by atoms with Crippen LogP contribution in [0.4, 0.5) is 4.79 Å². The molecule has 1 aromatic rings. The van der Waals surface area contributed by atoms with E-state index in [4.69, 9.17) is 9.84 Å². The Morgan fingerprint density at radius 1 is 1.56 bits per heavy atom. The summed E-state index contributed by atoms with van der Waals surface area (Å²) < 4.78 is 4.94. The molecule has 3 N–H and O–H groups in total. The molecule has 1 amide bonds. The number of alkyl carbamates (subject to hydrolysis) is 1. The van der Waals surface area contributed by atoms with Gasteiger partial charge in [-0.05, 0) is 29.2 Å². The third-order valence-corrected chi connectivity index (χ3v) is 3.27. The molecule has 5 nitrogen and oxygen atoms in total. The van der Waals surface area contributed by atoms with E-state index in [1.165, 1.54) is 7.05 Å². The third-order valence-electron chi connectivity index (χ3n) is 3.27.